The van der Waals surface area contributed by atoms with Crippen molar-refractivity contribution in [3.05, 3.63) is 28.2 Å². The molecule has 17 heavy (non-hydrogen) atoms. The zero-order valence-corrected chi connectivity index (χ0v) is 11.7. The van der Waals surface area contributed by atoms with Gasteiger partial charge in [0.15, 0.2) is 5.65 Å². The molecule has 3 nitrogen and oxygen atoms in total. The van der Waals surface area contributed by atoms with Gasteiger partial charge in [-0.05, 0) is 18.8 Å². The molecule has 0 atom stereocenters. The van der Waals surface area contributed by atoms with Crippen LogP contribution in [0.2, 0.25) is 5.15 Å². The summed E-state index contributed by atoms with van der Waals surface area (Å²) in [7, 11) is 0. The Bertz CT molecular complexity index is 555. The van der Waals surface area contributed by atoms with Crippen molar-refractivity contribution in [2.45, 2.75) is 46.5 Å². The molecule has 0 saturated carbocycles. The van der Waals surface area contributed by atoms with Crippen LogP contribution in [0.1, 0.15) is 56.5 Å². The highest BCUT2D eigenvalue weighted by atomic mass is 35.5. The van der Waals surface area contributed by atoms with Crippen LogP contribution >= 0.6 is 11.6 Å². The van der Waals surface area contributed by atoms with Crippen LogP contribution in [0.15, 0.2) is 6.07 Å². The van der Waals surface area contributed by atoms with Crippen LogP contribution in [0.4, 0.5) is 0 Å². The lowest BCUT2D eigenvalue weighted by atomic mass is 10.0. The smallest absolute Gasteiger partial charge is 0.157 e. The molecule has 2 aromatic rings. The molecule has 0 unspecified atom stereocenters. The van der Waals surface area contributed by atoms with Gasteiger partial charge in [-0.1, -0.05) is 39.3 Å². The molecule has 92 valence electrons. The molecule has 2 heterocycles. The molecule has 0 aromatic carbocycles. The van der Waals surface area contributed by atoms with Gasteiger partial charge >= 0.3 is 0 Å². The maximum absolute atomic E-state index is 6.42. The molecule has 0 radical (unpaired) electrons. The number of fused-ring (bicyclic) bond motifs is 1. The van der Waals surface area contributed by atoms with E-state index in [0.717, 1.165) is 22.6 Å². The first-order valence-corrected chi connectivity index (χ1v) is 6.35. The van der Waals surface area contributed by atoms with Crippen molar-refractivity contribution in [3.8, 4) is 0 Å². The van der Waals surface area contributed by atoms with E-state index in [1.807, 2.05) is 13.0 Å². The van der Waals surface area contributed by atoms with Gasteiger partial charge in [0.2, 0.25) is 0 Å². The Morgan fingerprint density at radius 2 is 1.82 bits per heavy atom. The normalized spacial score (nSPS) is 12.0. The van der Waals surface area contributed by atoms with Crippen LogP contribution < -0.4 is 0 Å². The summed E-state index contributed by atoms with van der Waals surface area (Å²) in [5.41, 5.74) is 3.94. The second kappa shape index (κ2) is 4.30. The summed E-state index contributed by atoms with van der Waals surface area (Å²) in [6.45, 7) is 10.5. The summed E-state index contributed by atoms with van der Waals surface area (Å²) in [6.07, 6.45) is 0. The molecule has 0 spiro atoms. The lowest BCUT2D eigenvalue weighted by molar-refractivity contribution is 0.767. The van der Waals surface area contributed by atoms with Gasteiger partial charge in [0, 0.05) is 17.3 Å². The van der Waals surface area contributed by atoms with Gasteiger partial charge in [-0.25, -0.2) is 9.50 Å². The molecule has 4 heteroatoms. The Kier molecular flexibility index (Phi) is 3.13. The van der Waals surface area contributed by atoms with Gasteiger partial charge in [0.1, 0.15) is 5.15 Å². The highest BCUT2D eigenvalue weighted by Gasteiger charge is 2.16. The predicted molar refractivity (Wildman–Crippen MR) is 70.9 cm³/mol. The Morgan fingerprint density at radius 3 is 2.35 bits per heavy atom. The summed E-state index contributed by atoms with van der Waals surface area (Å²) in [5, 5.41) is 5.21. The Balaban J connectivity index is 2.74. The first kappa shape index (κ1) is 12.4. The monoisotopic (exact) mass is 251 g/mol. The van der Waals surface area contributed by atoms with Crippen molar-refractivity contribution in [1.29, 1.82) is 0 Å². The fourth-order valence-corrected chi connectivity index (χ4v) is 2.53. The van der Waals surface area contributed by atoms with E-state index in [1.54, 1.807) is 4.52 Å². The van der Waals surface area contributed by atoms with E-state index in [1.165, 1.54) is 0 Å². The third kappa shape index (κ3) is 2.04. The second-order valence-corrected chi connectivity index (χ2v) is 5.41. The van der Waals surface area contributed by atoms with Gasteiger partial charge in [-0.3, -0.25) is 0 Å². The summed E-state index contributed by atoms with van der Waals surface area (Å²) >= 11 is 6.42. The molecule has 0 aliphatic rings. The fourth-order valence-electron chi connectivity index (χ4n) is 2.05. The Morgan fingerprint density at radius 1 is 1.18 bits per heavy atom. The van der Waals surface area contributed by atoms with Gasteiger partial charge < -0.3 is 0 Å². The average Bonchev–Trinajstić information content (AvgIpc) is 2.60. The zero-order valence-electron chi connectivity index (χ0n) is 11.0. The molecular formula is C13H18ClN3. The van der Waals surface area contributed by atoms with Gasteiger partial charge in [0.25, 0.3) is 0 Å². The molecule has 0 aliphatic carbocycles. The highest BCUT2D eigenvalue weighted by Crippen LogP contribution is 2.28. The quantitative estimate of drug-likeness (QED) is 0.757. The third-order valence-corrected chi connectivity index (χ3v) is 3.32. The maximum Gasteiger partial charge on any atom is 0.157 e. The first-order valence-electron chi connectivity index (χ1n) is 5.97. The van der Waals surface area contributed by atoms with E-state index in [0.29, 0.717) is 17.0 Å². The van der Waals surface area contributed by atoms with Crippen LogP contribution in [-0.2, 0) is 0 Å². The second-order valence-electron chi connectivity index (χ2n) is 5.05. The summed E-state index contributed by atoms with van der Waals surface area (Å²) in [5.74, 6) is 0.738. The largest absolute Gasteiger partial charge is 0.233 e. The van der Waals surface area contributed by atoms with E-state index >= 15 is 0 Å². The number of rotatable bonds is 2. The lowest BCUT2D eigenvalue weighted by Crippen LogP contribution is -2.04. The summed E-state index contributed by atoms with van der Waals surface area (Å²) in [6, 6.07) is 2.01. The minimum absolute atomic E-state index is 0.353. The minimum Gasteiger partial charge on any atom is -0.233 e. The Hall–Kier alpha value is -1.09. The molecule has 2 aromatic heterocycles. The highest BCUT2D eigenvalue weighted by molar-refractivity contribution is 6.30. The molecule has 2 rings (SSSR count). The standard InChI is InChI=1S/C13H18ClN3/c1-7(2)10-6-11-15-9(5)12(8(3)4)13(14)17(11)16-10/h6-8H,1-5H3. The van der Waals surface area contributed by atoms with Gasteiger partial charge in [-0.2, -0.15) is 5.10 Å². The molecular weight excluding hydrogens is 234 g/mol. The number of aryl methyl sites for hydroxylation is 1. The van der Waals surface area contributed by atoms with E-state index in [4.69, 9.17) is 11.6 Å². The van der Waals surface area contributed by atoms with E-state index < -0.39 is 0 Å². The molecule has 0 saturated heterocycles. The number of aromatic nitrogens is 3. The molecule has 0 N–H and O–H groups in total. The van der Waals surface area contributed by atoms with Crippen molar-refractivity contribution in [2.24, 2.45) is 0 Å². The van der Waals surface area contributed by atoms with E-state index in [2.05, 4.69) is 37.8 Å². The number of halogens is 1. The van der Waals surface area contributed by atoms with Crippen molar-refractivity contribution in [1.82, 2.24) is 14.6 Å². The molecule has 0 amide bonds. The Labute approximate surface area is 107 Å². The van der Waals surface area contributed by atoms with Crippen LogP contribution in [-0.4, -0.2) is 14.6 Å². The first-order chi connectivity index (χ1) is 7.91. The lowest BCUT2D eigenvalue weighted by Gasteiger charge is -2.11. The van der Waals surface area contributed by atoms with Gasteiger partial charge in [0.05, 0.1) is 5.69 Å². The zero-order chi connectivity index (χ0) is 12.7. The predicted octanol–water partition coefficient (Wildman–Crippen LogP) is 3.94. The molecule has 0 aliphatic heterocycles. The molecule has 0 fully saturated rings. The van der Waals surface area contributed by atoms with Crippen LogP contribution in [0.5, 0.6) is 0 Å². The topological polar surface area (TPSA) is 30.2 Å². The van der Waals surface area contributed by atoms with Gasteiger partial charge in [-0.15, -0.1) is 0 Å². The van der Waals surface area contributed by atoms with Crippen molar-refractivity contribution < 1.29 is 0 Å². The fraction of sp³-hybridized carbons (Fsp3) is 0.538. The number of hydrogen-bond donors (Lipinski definition) is 0. The van der Waals surface area contributed by atoms with E-state index in [-0.39, 0.29) is 0 Å². The van der Waals surface area contributed by atoms with Crippen molar-refractivity contribution in [2.75, 3.05) is 0 Å². The van der Waals surface area contributed by atoms with Crippen molar-refractivity contribution >= 4 is 17.2 Å². The van der Waals surface area contributed by atoms with Crippen LogP contribution in [0, 0.1) is 6.92 Å². The number of nitrogens with zero attached hydrogens (tertiary/aromatic N) is 3. The van der Waals surface area contributed by atoms with Crippen LogP contribution in [0.3, 0.4) is 0 Å². The third-order valence-electron chi connectivity index (χ3n) is 2.96. The maximum atomic E-state index is 6.42. The van der Waals surface area contributed by atoms with Crippen molar-refractivity contribution in [3.63, 3.8) is 0 Å². The SMILES string of the molecule is Cc1nc2cc(C(C)C)nn2c(Cl)c1C(C)C. The summed E-state index contributed by atoms with van der Waals surface area (Å²) in [4.78, 5) is 4.58. The minimum atomic E-state index is 0.353. The van der Waals surface area contributed by atoms with E-state index in [9.17, 15) is 0 Å². The molecule has 0 bridgehead atoms. The van der Waals surface area contributed by atoms with Crippen LogP contribution in [0.25, 0.3) is 5.65 Å². The number of hydrogen-bond acceptors (Lipinski definition) is 2. The summed E-state index contributed by atoms with van der Waals surface area (Å²) < 4.78 is 1.75. The average molecular weight is 252 g/mol.